The van der Waals surface area contributed by atoms with Crippen molar-refractivity contribution in [3.05, 3.63) is 35.9 Å². The molecule has 0 saturated heterocycles. The number of carbonyl (C=O) groups is 1. The topological polar surface area (TPSA) is 59.8 Å². The summed E-state index contributed by atoms with van der Waals surface area (Å²) in [5.41, 5.74) is 1.19. The van der Waals surface area contributed by atoms with Gasteiger partial charge < -0.3 is 5.32 Å². The molecule has 0 bridgehead atoms. The highest BCUT2D eigenvalue weighted by molar-refractivity contribution is 6.33. The van der Waals surface area contributed by atoms with Crippen molar-refractivity contribution < 1.29 is 4.79 Å². The van der Waals surface area contributed by atoms with Crippen LogP contribution in [-0.2, 0) is 4.79 Å². The molecule has 0 radical (unpaired) electrons. The van der Waals surface area contributed by atoms with E-state index in [1.165, 1.54) is 17.3 Å². The largest absolute Gasteiger partial charge is 0.324 e. The quantitative estimate of drug-likeness (QED) is 0.864. The Balaban J connectivity index is 2.26. The molecule has 2 rings (SSSR count). The van der Waals surface area contributed by atoms with Gasteiger partial charge in [0.05, 0.1) is 10.7 Å². The van der Waals surface area contributed by atoms with Crippen LogP contribution in [0.15, 0.2) is 30.9 Å². The molecule has 0 fully saturated rings. The first-order valence-corrected chi connectivity index (χ1v) is 6.63. The Hall–Kier alpha value is -1.59. The van der Waals surface area contributed by atoms with Crippen molar-refractivity contribution in [3.63, 3.8) is 0 Å². The SMILES string of the molecule is O=C(CCCCl)Nc1cccc(Cl)c1-n1cncn1. The first kappa shape index (κ1) is 13.8. The van der Waals surface area contributed by atoms with Crippen LogP contribution in [0.4, 0.5) is 5.69 Å². The van der Waals surface area contributed by atoms with Crippen molar-refractivity contribution in [2.24, 2.45) is 0 Å². The highest BCUT2D eigenvalue weighted by Crippen LogP contribution is 2.27. The molecule has 0 atom stereocenters. The van der Waals surface area contributed by atoms with E-state index in [2.05, 4.69) is 15.4 Å². The third-order valence-electron chi connectivity index (χ3n) is 2.45. The van der Waals surface area contributed by atoms with Gasteiger partial charge >= 0.3 is 0 Å². The molecule has 0 aliphatic heterocycles. The predicted octanol–water partition coefficient (Wildman–Crippen LogP) is 2.88. The van der Waals surface area contributed by atoms with Crippen LogP contribution in [0.1, 0.15) is 12.8 Å². The monoisotopic (exact) mass is 298 g/mol. The Bertz CT molecular complexity index is 557. The summed E-state index contributed by atoms with van der Waals surface area (Å²) >= 11 is 11.7. The van der Waals surface area contributed by atoms with E-state index in [1.807, 2.05) is 0 Å². The Morgan fingerprint density at radius 2 is 2.26 bits per heavy atom. The Morgan fingerprint density at radius 1 is 1.42 bits per heavy atom. The van der Waals surface area contributed by atoms with Gasteiger partial charge in [-0.2, -0.15) is 5.10 Å². The molecule has 19 heavy (non-hydrogen) atoms. The van der Waals surface area contributed by atoms with Gasteiger partial charge in [-0.25, -0.2) is 9.67 Å². The number of anilines is 1. The van der Waals surface area contributed by atoms with Crippen molar-refractivity contribution in [1.29, 1.82) is 0 Å². The number of nitrogens with zero attached hydrogens (tertiary/aromatic N) is 3. The zero-order valence-electron chi connectivity index (χ0n) is 10.0. The summed E-state index contributed by atoms with van der Waals surface area (Å²) in [6.45, 7) is 0. The Morgan fingerprint density at radius 3 is 2.95 bits per heavy atom. The molecule has 1 aromatic carbocycles. The zero-order chi connectivity index (χ0) is 13.7. The molecule has 5 nitrogen and oxygen atoms in total. The number of carbonyl (C=O) groups excluding carboxylic acids is 1. The maximum atomic E-state index is 11.7. The maximum Gasteiger partial charge on any atom is 0.224 e. The van der Waals surface area contributed by atoms with Crippen LogP contribution >= 0.6 is 23.2 Å². The van der Waals surface area contributed by atoms with E-state index >= 15 is 0 Å². The van der Waals surface area contributed by atoms with Gasteiger partial charge in [0.15, 0.2) is 0 Å². The molecule has 1 N–H and O–H groups in total. The molecule has 1 heterocycles. The molecule has 0 aliphatic rings. The molecular formula is C12H12Cl2N4O. The van der Waals surface area contributed by atoms with Gasteiger partial charge in [0.1, 0.15) is 18.3 Å². The van der Waals surface area contributed by atoms with Crippen LogP contribution in [0.3, 0.4) is 0 Å². The van der Waals surface area contributed by atoms with Gasteiger partial charge in [-0.05, 0) is 18.6 Å². The van der Waals surface area contributed by atoms with Crippen LogP contribution in [0.5, 0.6) is 0 Å². The minimum absolute atomic E-state index is 0.107. The average molecular weight is 299 g/mol. The van der Waals surface area contributed by atoms with Gasteiger partial charge in [-0.3, -0.25) is 4.79 Å². The van der Waals surface area contributed by atoms with Gasteiger partial charge in [0.2, 0.25) is 5.91 Å². The van der Waals surface area contributed by atoms with Crippen LogP contribution < -0.4 is 5.32 Å². The molecule has 0 saturated carbocycles. The fourth-order valence-electron chi connectivity index (χ4n) is 1.61. The predicted molar refractivity (Wildman–Crippen MR) is 75.0 cm³/mol. The minimum Gasteiger partial charge on any atom is -0.324 e. The second kappa shape index (κ2) is 6.54. The number of nitrogens with one attached hydrogen (secondary N) is 1. The van der Waals surface area contributed by atoms with Crippen molar-refractivity contribution in [1.82, 2.24) is 14.8 Å². The van der Waals surface area contributed by atoms with Gasteiger partial charge in [-0.1, -0.05) is 17.7 Å². The summed E-state index contributed by atoms with van der Waals surface area (Å²) in [4.78, 5) is 15.6. The fraction of sp³-hybridized carbons (Fsp3) is 0.250. The van der Waals surface area contributed by atoms with Gasteiger partial charge in [-0.15, -0.1) is 11.6 Å². The molecule has 1 amide bonds. The summed E-state index contributed by atoms with van der Waals surface area (Å²) in [5, 5.41) is 7.32. The number of hydrogen-bond donors (Lipinski definition) is 1. The van der Waals surface area contributed by atoms with Gasteiger partial charge in [0, 0.05) is 12.3 Å². The Kier molecular flexibility index (Phi) is 4.76. The standard InChI is InChI=1S/C12H12Cl2N4O/c13-6-2-5-11(19)17-10-4-1-3-9(14)12(10)18-8-15-7-16-18/h1,3-4,7-8H,2,5-6H2,(H,17,19). The Labute approximate surface area is 120 Å². The summed E-state index contributed by atoms with van der Waals surface area (Å²) in [7, 11) is 0. The first-order valence-electron chi connectivity index (χ1n) is 5.71. The number of aromatic nitrogens is 3. The number of halogens is 2. The molecule has 2 aromatic rings. The lowest BCUT2D eigenvalue weighted by molar-refractivity contribution is -0.116. The number of amides is 1. The maximum absolute atomic E-state index is 11.7. The lowest BCUT2D eigenvalue weighted by Gasteiger charge is -2.12. The van der Waals surface area contributed by atoms with Crippen molar-refractivity contribution in [2.75, 3.05) is 11.2 Å². The van der Waals surface area contributed by atoms with Crippen LogP contribution in [0.25, 0.3) is 5.69 Å². The van der Waals surface area contributed by atoms with Crippen LogP contribution in [0.2, 0.25) is 5.02 Å². The van der Waals surface area contributed by atoms with Crippen molar-refractivity contribution in [3.8, 4) is 5.69 Å². The van der Waals surface area contributed by atoms with E-state index in [0.717, 1.165) is 0 Å². The molecule has 0 aliphatic carbocycles. The summed E-state index contributed by atoms with van der Waals surface area (Å²) in [5.74, 6) is 0.350. The second-order valence-corrected chi connectivity index (χ2v) is 4.60. The molecule has 0 unspecified atom stereocenters. The van der Waals surface area contributed by atoms with Crippen LogP contribution in [0, 0.1) is 0 Å². The second-order valence-electron chi connectivity index (χ2n) is 3.82. The number of rotatable bonds is 5. The summed E-state index contributed by atoms with van der Waals surface area (Å²) in [6.07, 6.45) is 3.93. The average Bonchev–Trinajstić information content (AvgIpc) is 2.90. The normalized spacial score (nSPS) is 10.4. The smallest absolute Gasteiger partial charge is 0.224 e. The minimum atomic E-state index is -0.107. The number of para-hydroxylation sites is 1. The number of hydrogen-bond acceptors (Lipinski definition) is 3. The third kappa shape index (κ3) is 3.45. The first-order chi connectivity index (χ1) is 9.22. The van der Waals surface area contributed by atoms with E-state index in [0.29, 0.717) is 35.1 Å². The van der Waals surface area contributed by atoms with Crippen molar-refractivity contribution >= 4 is 34.8 Å². The van der Waals surface area contributed by atoms with Gasteiger partial charge in [0.25, 0.3) is 0 Å². The fourth-order valence-corrected chi connectivity index (χ4v) is 2.01. The summed E-state index contributed by atoms with van der Waals surface area (Å²) in [6, 6.07) is 5.26. The van der Waals surface area contributed by atoms with Crippen molar-refractivity contribution in [2.45, 2.75) is 12.8 Å². The van der Waals surface area contributed by atoms with E-state index in [4.69, 9.17) is 23.2 Å². The van der Waals surface area contributed by atoms with E-state index in [9.17, 15) is 4.79 Å². The van der Waals surface area contributed by atoms with E-state index < -0.39 is 0 Å². The molecule has 100 valence electrons. The molecular weight excluding hydrogens is 287 g/mol. The van der Waals surface area contributed by atoms with E-state index in [1.54, 1.807) is 18.2 Å². The lowest BCUT2D eigenvalue weighted by Crippen LogP contribution is -2.13. The summed E-state index contributed by atoms with van der Waals surface area (Å²) < 4.78 is 1.51. The number of alkyl halides is 1. The molecule has 1 aromatic heterocycles. The number of benzene rings is 1. The third-order valence-corrected chi connectivity index (χ3v) is 3.02. The highest BCUT2D eigenvalue weighted by atomic mass is 35.5. The lowest BCUT2D eigenvalue weighted by atomic mass is 10.2. The molecule has 0 spiro atoms. The molecule has 7 heteroatoms. The van der Waals surface area contributed by atoms with Crippen LogP contribution in [-0.4, -0.2) is 26.6 Å². The van der Waals surface area contributed by atoms with E-state index in [-0.39, 0.29) is 5.91 Å². The highest BCUT2D eigenvalue weighted by Gasteiger charge is 2.12. The zero-order valence-corrected chi connectivity index (χ0v) is 11.5.